The van der Waals surface area contributed by atoms with Crippen molar-refractivity contribution in [1.82, 2.24) is 25.0 Å². The molecule has 1 aromatic heterocycles. The number of hydrogen-bond acceptors (Lipinski definition) is 6. The lowest BCUT2D eigenvalue weighted by Gasteiger charge is -2.48. The maximum atomic E-state index is 14.2. The van der Waals surface area contributed by atoms with E-state index in [1.165, 1.54) is 28.3 Å². The van der Waals surface area contributed by atoms with E-state index in [1.807, 2.05) is 30.3 Å². The number of aliphatic hydroxyl groups is 1. The first kappa shape index (κ1) is 26.9. The molecule has 7 atom stereocenters. The van der Waals surface area contributed by atoms with Gasteiger partial charge in [0.2, 0.25) is 17.5 Å². The number of likely N-dealkylation sites (N-methyl/N-ethyl adjacent to an activating group) is 1. The molecule has 3 N–H and O–H groups in total. The van der Waals surface area contributed by atoms with Crippen LogP contribution in [0.5, 0.6) is 0 Å². The van der Waals surface area contributed by atoms with Crippen LogP contribution in [0.1, 0.15) is 48.8 Å². The van der Waals surface area contributed by atoms with Crippen molar-refractivity contribution in [1.29, 1.82) is 0 Å². The van der Waals surface area contributed by atoms with Gasteiger partial charge in [0.05, 0.1) is 5.92 Å². The normalized spacial score (nSPS) is 35.2. The maximum Gasteiger partial charge on any atom is 0.280 e. The number of nitrogens with zero attached hydrogens (tertiary/aromatic N) is 3. The number of nitrogens with one attached hydrogen (secondary N) is 2. The number of fused-ring (bicyclic) bond motifs is 5. The molecule has 2 aromatic carbocycles. The molecular formula is C33H37N5O5. The number of carbonyl (C=O) groups is 3. The summed E-state index contributed by atoms with van der Waals surface area (Å²) in [6.07, 6.45) is 5.13. The number of carbonyl (C=O) groups excluding carboxylic acids is 3. The number of aromatic nitrogens is 1. The molecule has 5 heterocycles. The highest BCUT2D eigenvalue weighted by Crippen LogP contribution is 2.47. The van der Waals surface area contributed by atoms with Gasteiger partial charge in [0.1, 0.15) is 12.1 Å². The number of amides is 3. The summed E-state index contributed by atoms with van der Waals surface area (Å²) in [4.78, 5) is 50.4. The smallest absolute Gasteiger partial charge is 0.280 e. The number of ether oxygens (including phenoxy) is 1. The summed E-state index contributed by atoms with van der Waals surface area (Å²) in [6, 6.07) is 14.4. The van der Waals surface area contributed by atoms with Gasteiger partial charge in [-0.05, 0) is 62.4 Å². The third-order valence-corrected chi connectivity index (χ3v) is 10.6. The quantitative estimate of drug-likeness (QED) is 0.433. The van der Waals surface area contributed by atoms with E-state index >= 15 is 0 Å². The number of likely N-dealkylation sites (tertiary alicyclic amines) is 1. The minimum Gasteiger partial charge on any atom is -0.361 e. The van der Waals surface area contributed by atoms with E-state index < -0.39 is 29.6 Å². The second kappa shape index (κ2) is 9.38. The molecule has 43 heavy (non-hydrogen) atoms. The molecule has 4 aliphatic heterocycles. The van der Waals surface area contributed by atoms with Gasteiger partial charge in [0, 0.05) is 48.6 Å². The van der Waals surface area contributed by atoms with Crippen molar-refractivity contribution in [2.75, 3.05) is 20.1 Å². The number of aromatic amines is 1. The molecule has 10 nitrogen and oxygen atoms in total. The topological polar surface area (TPSA) is 118 Å². The van der Waals surface area contributed by atoms with E-state index in [1.54, 1.807) is 4.90 Å². The van der Waals surface area contributed by atoms with E-state index in [2.05, 4.69) is 46.6 Å². The Labute approximate surface area is 250 Å². The van der Waals surface area contributed by atoms with Crippen LogP contribution in [0.15, 0.2) is 54.7 Å². The molecule has 1 aliphatic carbocycles. The Morgan fingerprint density at radius 2 is 1.98 bits per heavy atom. The van der Waals surface area contributed by atoms with Gasteiger partial charge >= 0.3 is 0 Å². The van der Waals surface area contributed by atoms with Crippen molar-refractivity contribution >= 4 is 28.6 Å². The van der Waals surface area contributed by atoms with Crippen molar-refractivity contribution in [3.05, 3.63) is 71.4 Å². The van der Waals surface area contributed by atoms with Crippen LogP contribution in [-0.2, 0) is 32.0 Å². The van der Waals surface area contributed by atoms with Crippen LogP contribution in [0.25, 0.3) is 10.9 Å². The zero-order valence-electron chi connectivity index (χ0n) is 24.5. The van der Waals surface area contributed by atoms with Gasteiger partial charge in [-0.3, -0.25) is 24.0 Å². The SMILES string of the molecule is CN1CC(C(=O)N[C@]2(C)O[C@@]3(O)[C@@H]4CCCN4C(=O)[C@H](Cc4ccccc4)N3C2=O)C[C@@H]2c3cccc4[nH]cc(c34)C[C@H]21. The lowest BCUT2D eigenvalue weighted by Crippen LogP contribution is -2.71. The Bertz CT molecular complexity index is 1640. The van der Waals surface area contributed by atoms with Gasteiger partial charge in [-0.1, -0.05) is 42.5 Å². The summed E-state index contributed by atoms with van der Waals surface area (Å²) in [6.45, 7) is 2.56. The van der Waals surface area contributed by atoms with Crippen molar-refractivity contribution in [3.8, 4) is 0 Å². The van der Waals surface area contributed by atoms with Crippen LogP contribution >= 0.6 is 0 Å². The first-order chi connectivity index (χ1) is 20.7. The fourth-order valence-electron chi connectivity index (χ4n) is 8.65. The molecule has 8 rings (SSSR count). The number of rotatable bonds is 4. The third kappa shape index (κ3) is 3.86. The number of benzene rings is 2. The summed E-state index contributed by atoms with van der Waals surface area (Å²) >= 11 is 0. The number of hydrogen-bond donors (Lipinski definition) is 3. The first-order valence-corrected chi connectivity index (χ1v) is 15.4. The molecule has 0 saturated carbocycles. The highest BCUT2D eigenvalue weighted by atomic mass is 16.7. The van der Waals surface area contributed by atoms with Crippen molar-refractivity contribution < 1.29 is 24.2 Å². The molecule has 224 valence electrons. The lowest BCUT2D eigenvalue weighted by atomic mass is 9.72. The van der Waals surface area contributed by atoms with Gasteiger partial charge in [0.25, 0.3) is 11.8 Å². The Morgan fingerprint density at radius 3 is 2.79 bits per heavy atom. The minimum atomic E-state index is -2.03. The van der Waals surface area contributed by atoms with Crippen molar-refractivity contribution in [2.45, 2.75) is 74.7 Å². The van der Waals surface area contributed by atoms with Crippen LogP contribution in [-0.4, -0.2) is 92.4 Å². The van der Waals surface area contributed by atoms with Crippen molar-refractivity contribution in [2.24, 2.45) is 5.92 Å². The number of piperidine rings is 1. The fourth-order valence-corrected chi connectivity index (χ4v) is 8.65. The fraction of sp³-hybridized carbons (Fsp3) is 0.485. The van der Waals surface area contributed by atoms with E-state index in [9.17, 15) is 19.5 Å². The van der Waals surface area contributed by atoms with Gasteiger partial charge in [-0.25, -0.2) is 0 Å². The molecule has 4 saturated heterocycles. The largest absolute Gasteiger partial charge is 0.361 e. The second-order valence-corrected chi connectivity index (χ2v) is 13.2. The summed E-state index contributed by atoms with van der Waals surface area (Å²) in [7, 11) is 2.06. The molecule has 3 amide bonds. The van der Waals surface area contributed by atoms with E-state index in [0.29, 0.717) is 32.4 Å². The van der Waals surface area contributed by atoms with E-state index in [-0.39, 0.29) is 36.1 Å². The second-order valence-electron chi connectivity index (χ2n) is 13.2. The predicted molar refractivity (Wildman–Crippen MR) is 157 cm³/mol. The zero-order chi connectivity index (χ0) is 29.7. The third-order valence-electron chi connectivity index (χ3n) is 10.6. The average Bonchev–Trinajstić information content (AvgIpc) is 3.70. The number of H-pyrrole nitrogens is 1. The Kier molecular flexibility index (Phi) is 5.86. The first-order valence-electron chi connectivity index (χ1n) is 15.4. The zero-order valence-corrected chi connectivity index (χ0v) is 24.5. The summed E-state index contributed by atoms with van der Waals surface area (Å²) in [5.41, 5.74) is 2.74. The summed E-state index contributed by atoms with van der Waals surface area (Å²) in [5.74, 6) is -3.31. The standard InChI is InChI=1S/C33H37N5O5/c1-32(35-29(39)21-15-23-22-10-6-11-24-28(22)20(17-34-24)16-25(23)36(2)18-21)31(41)38-26(14-19-8-4-3-5-9-19)30(40)37-13-7-12-27(37)33(38,42)43-32/h3-6,8-11,17,21,23,25-27,34,42H,7,12-16,18H2,1-2H3,(H,35,39)/t21?,23-,25-,26+,27+,32-,33+/m1/s1. The van der Waals surface area contributed by atoms with Gasteiger partial charge in [-0.15, -0.1) is 0 Å². The van der Waals surface area contributed by atoms with Crippen LogP contribution < -0.4 is 5.32 Å². The van der Waals surface area contributed by atoms with Crippen LogP contribution in [0.3, 0.4) is 0 Å². The minimum absolute atomic E-state index is 0.171. The van der Waals surface area contributed by atoms with Gasteiger partial charge < -0.3 is 25.2 Å². The van der Waals surface area contributed by atoms with Crippen LogP contribution in [0, 0.1) is 5.92 Å². The molecule has 0 spiro atoms. The monoisotopic (exact) mass is 583 g/mol. The predicted octanol–water partition coefficient (Wildman–Crippen LogP) is 2.08. The molecular weight excluding hydrogens is 546 g/mol. The molecule has 4 fully saturated rings. The highest BCUT2D eigenvalue weighted by molar-refractivity contribution is 5.97. The Morgan fingerprint density at radius 1 is 1.16 bits per heavy atom. The van der Waals surface area contributed by atoms with Crippen LogP contribution in [0.2, 0.25) is 0 Å². The maximum absolute atomic E-state index is 14.2. The van der Waals surface area contributed by atoms with Gasteiger partial charge in [-0.2, -0.15) is 0 Å². The molecule has 3 aromatic rings. The van der Waals surface area contributed by atoms with E-state index in [4.69, 9.17) is 4.74 Å². The van der Waals surface area contributed by atoms with Crippen molar-refractivity contribution in [3.63, 3.8) is 0 Å². The van der Waals surface area contributed by atoms with Crippen LogP contribution in [0.4, 0.5) is 0 Å². The van der Waals surface area contributed by atoms with Gasteiger partial charge in [0.15, 0.2) is 0 Å². The molecule has 5 aliphatic rings. The summed E-state index contributed by atoms with van der Waals surface area (Å²) in [5, 5.41) is 16.2. The molecule has 0 bridgehead atoms. The lowest BCUT2D eigenvalue weighted by molar-refractivity contribution is -0.315. The Hall–Kier alpha value is -3.73. The molecule has 0 radical (unpaired) electrons. The summed E-state index contributed by atoms with van der Waals surface area (Å²) < 4.78 is 6.25. The average molecular weight is 584 g/mol. The van der Waals surface area contributed by atoms with E-state index in [0.717, 1.165) is 17.5 Å². The highest BCUT2D eigenvalue weighted by Gasteiger charge is 2.70. The molecule has 10 heteroatoms. The Balaban J connectivity index is 1.08. The molecule has 1 unspecified atom stereocenters. The number of piperazine rings is 1.